The van der Waals surface area contributed by atoms with Gasteiger partial charge in [0.1, 0.15) is 5.60 Å². The molecule has 5 heteroatoms. The minimum absolute atomic E-state index is 0.0291. The van der Waals surface area contributed by atoms with E-state index in [0.29, 0.717) is 24.4 Å². The fourth-order valence-electron chi connectivity index (χ4n) is 2.64. The number of hydrogen-bond donors (Lipinski definition) is 1. The molecular formula is C15H21ClN2O2. The van der Waals surface area contributed by atoms with Gasteiger partial charge in [-0.3, -0.25) is 4.79 Å². The number of amides is 1. The SMILES string of the molecule is COC1(C(=O)N(C)Cc2ccccc2Cl)CCNCC1. The molecule has 0 spiro atoms. The first kappa shape index (κ1) is 15.3. The van der Waals surface area contributed by atoms with Crippen molar-refractivity contribution in [3.05, 3.63) is 34.9 Å². The summed E-state index contributed by atoms with van der Waals surface area (Å²) in [6.45, 7) is 2.11. The van der Waals surface area contributed by atoms with Crippen molar-refractivity contribution in [2.75, 3.05) is 27.2 Å². The Kier molecular flexibility index (Phi) is 5.02. The number of halogens is 1. The van der Waals surface area contributed by atoms with Crippen molar-refractivity contribution >= 4 is 17.5 Å². The third-order valence-electron chi connectivity index (χ3n) is 3.90. The number of rotatable bonds is 4. The molecule has 1 aliphatic heterocycles. The molecule has 20 heavy (non-hydrogen) atoms. The Labute approximate surface area is 125 Å². The Morgan fingerprint density at radius 2 is 2.05 bits per heavy atom. The molecule has 1 amide bonds. The second-order valence-corrected chi connectivity index (χ2v) is 5.61. The summed E-state index contributed by atoms with van der Waals surface area (Å²) in [4.78, 5) is 14.4. The van der Waals surface area contributed by atoms with Crippen LogP contribution in [0, 0.1) is 0 Å². The van der Waals surface area contributed by atoms with Crippen LogP contribution in [0.5, 0.6) is 0 Å². The maximum absolute atomic E-state index is 12.7. The number of nitrogens with one attached hydrogen (secondary N) is 1. The summed E-state index contributed by atoms with van der Waals surface area (Å²) in [5.74, 6) is 0.0291. The van der Waals surface area contributed by atoms with E-state index in [-0.39, 0.29) is 5.91 Å². The Hall–Kier alpha value is -1.10. The molecule has 1 aromatic rings. The molecule has 0 aromatic heterocycles. The highest BCUT2D eigenvalue weighted by Gasteiger charge is 2.41. The summed E-state index contributed by atoms with van der Waals surface area (Å²) in [6.07, 6.45) is 1.41. The number of ether oxygens (including phenoxy) is 1. The second kappa shape index (κ2) is 6.57. The number of likely N-dealkylation sites (N-methyl/N-ethyl adjacent to an activating group) is 1. The molecule has 1 saturated heterocycles. The number of nitrogens with zero attached hydrogens (tertiary/aromatic N) is 1. The van der Waals surface area contributed by atoms with Crippen LogP contribution in [-0.2, 0) is 16.1 Å². The highest BCUT2D eigenvalue weighted by Crippen LogP contribution is 2.26. The van der Waals surface area contributed by atoms with Crippen LogP contribution < -0.4 is 5.32 Å². The minimum atomic E-state index is -0.693. The van der Waals surface area contributed by atoms with Gasteiger partial charge in [0.25, 0.3) is 5.91 Å². The molecule has 0 bridgehead atoms. The topological polar surface area (TPSA) is 41.6 Å². The first-order valence-electron chi connectivity index (χ1n) is 6.84. The fraction of sp³-hybridized carbons (Fsp3) is 0.533. The molecule has 0 atom stereocenters. The predicted octanol–water partition coefficient (Wildman–Crippen LogP) is 2.07. The van der Waals surface area contributed by atoms with E-state index < -0.39 is 5.60 Å². The highest BCUT2D eigenvalue weighted by atomic mass is 35.5. The normalized spacial score (nSPS) is 17.8. The summed E-state index contributed by atoms with van der Waals surface area (Å²) in [6, 6.07) is 7.59. The zero-order chi connectivity index (χ0) is 14.6. The van der Waals surface area contributed by atoms with Gasteiger partial charge in [-0.1, -0.05) is 29.8 Å². The highest BCUT2D eigenvalue weighted by molar-refractivity contribution is 6.31. The first-order chi connectivity index (χ1) is 9.59. The van der Waals surface area contributed by atoms with E-state index in [1.807, 2.05) is 24.3 Å². The van der Waals surface area contributed by atoms with Crippen molar-refractivity contribution in [3.8, 4) is 0 Å². The van der Waals surface area contributed by atoms with E-state index in [2.05, 4.69) is 5.32 Å². The quantitative estimate of drug-likeness (QED) is 0.925. The van der Waals surface area contributed by atoms with Gasteiger partial charge in [-0.25, -0.2) is 0 Å². The third-order valence-corrected chi connectivity index (χ3v) is 4.27. The molecular weight excluding hydrogens is 276 g/mol. The van der Waals surface area contributed by atoms with E-state index >= 15 is 0 Å². The van der Waals surface area contributed by atoms with Crippen molar-refractivity contribution in [1.82, 2.24) is 10.2 Å². The Bertz CT molecular complexity index is 473. The number of methoxy groups -OCH3 is 1. The molecule has 0 unspecified atom stereocenters. The first-order valence-corrected chi connectivity index (χ1v) is 7.22. The Morgan fingerprint density at radius 3 is 2.65 bits per heavy atom. The molecule has 1 heterocycles. The summed E-state index contributed by atoms with van der Waals surface area (Å²) >= 11 is 6.15. The molecule has 1 fully saturated rings. The Balaban J connectivity index is 2.10. The van der Waals surface area contributed by atoms with E-state index in [1.165, 1.54) is 0 Å². The smallest absolute Gasteiger partial charge is 0.254 e. The zero-order valence-electron chi connectivity index (χ0n) is 12.0. The molecule has 4 nitrogen and oxygen atoms in total. The van der Waals surface area contributed by atoms with Crippen molar-refractivity contribution < 1.29 is 9.53 Å². The number of benzene rings is 1. The molecule has 0 radical (unpaired) electrons. The van der Waals surface area contributed by atoms with Crippen LogP contribution in [0.15, 0.2) is 24.3 Å². The number of carbonyl (C=O) groups excluding carboxylic acids is 1. The standard InChI is InChI=1S/C15H21ClN2O2/c1-18(11-12-5-3-4-6-13(12)16)14(19)15(20-2)7-9-17-10-8-15/h3-6,17H,7-11H2,1-2H3. The van der Waals surface area contributed by atoms with Crippen LogP contribution in [0.4, 0.5) is 0 Å². The van der Waals surface area contributed by atoms with Crippen molar-refractivity contribution in [3.63, 3.8) is 0 Å². The minimum Gasteiger partial charge on any atom is -0.368 e. The van der Waals surface area contributed by atoms with E-state index in [1.54, 1.807) is 19.1 Å². The fourth-order valence-corrected chi connectivity index (χ4v) is 2.83. The molecule has 0 aliphatic carbocycles. The molecule has 1 aliphatic rings. The maximum atomic E-state index is 12.7. The molecule has 1 N–H and O–H groups in total. The van der Waals surface area contributed by atoms with Crippen molar-refractivity contribution in [2.24, 2.45) is 0 Å². The largest absolute Gasteiger partial charge is 0.368 e. The van der Waals surface area contributed by atoms with Crippen LogP contribution in [0.2, 0.25) is 5.02 Å². The number of piperidine rings is 1. The average Bonchev–Trinajstić information content (AvgIpc) is 2.49. The van der Waals surface area contributed by atoms with Crippen LogP contribution >= 0.6 is 11.6 Å². The average molecular weight is 297 g/mol. The van der Waals surface area contributed by atoms with E-state index in [0.717, 1.165) is 18.7 Å². The molecule has 0 saturated carbocycles. The summed E-state index contributed by atoms with van der Waals surface area (Å²) < 4.78 is 5.57. The molecule has 110 valence electrons. The number of hydrogen-bond acceptors (Lipinski definition) is 3. The Morgan fingerprint density at radius 1 is 1.40 bits per heavy atom. The molecule has 1 aromatic carbocycles. The van der Waals surface area contributed by atoms with Gasteiger partial charge < -0.3 is 15.0 Å². The lowest BCUT2D eigenvalue weighted by atomic mass is 9.90. The van der Waals surface area contributed by atoms with Gasteiger partial charge in [0, 0.05) is 25.7 Å². The van der Waals surface area contributed by atoms with Gasteiger partial charge in [-0.2, -0.15) is 0 Å². The molecule has 2 rings (SSSR count). The lowest BCUT2D eigenvalue weighted by Crippen LogP contribution is -2.54. The van der Waals surface area contributed by atoms with Crippen LogP contribution in [0.1, 0.15) is 18.4 Å². The van der Waals surface area contributed by atoms with Gasteiger partial charge in [0.15, 0.2) is 0 Å². The van der Waals surface area contributed by atoms with Crippen molar-refractivity contribution in [1.29, 1.82) is 0 Å². The van der Waals surface area contributed by atoms with Crippen molar-refractivity contribution in [2.45, 2.75) is 25.0 Å². The monoisotopic (exact) mass is 296 g/mol. The predicted molar refractivity (Wildman–Crippen MR) is 79.8 cm³/mol. The maximum Gasteiger partial charge on any atom is 0.254 e. The summed E-state index contributed by atoms with van der Waals surface area (Å²) in [5, 5.41) is 3.94. The van der Waals surface area contributed by atoms with Gasteiger partial charge >= 0.3 is 0 Å². The second-order valence-electron chi connectivity index (χ2n) is 5.20. The van der Waals surface area contributed by atoms with Gasteiger partial charge in [0.2, 0.25) is 0 Å². The third kappa shape index (κ3) is 3.14. The van der Waals surface area contributed by atoms with Gasteiger partial charge in [-0.05, 0) is 37.6 Å². The van der Waals surface area contributed by atoms with Gasteiger partial charge in [-0.15, -0.1) is 0 Å². The van der Waals surface area contributed by atoms with Crippen LogP contribution in [0.3, 0.4) is 0 Å². The van der Waals surface area contributed by atoms with Crippen LogP contribution in [-0.4, -0.2) is 43.7 Å². The summed E-state index contributed by atoms with van der Waals surface area (Å²) in [7, 11) is 3.42. The van der Waals surface area contributed by atoms with Crippen LogP contribution in [0.25, 0.3) is 0 Å². The lowest BCUT2D eigenvalue weighted by Gasteiger charge is -2.37. The lowest BCUT2D eigenvalue weighted by molar-refractivity contribution is -0.157. The van der Waals surface area contributed by atoms with E-state index in [9.17, 15) is 4.79 Å². The summed E-state index contributed by atoms with van der Waals surface area (Å²) in [5.41, 5.74) is 0.256. The number of carbonyl (C=O) groups is 1. The van der Waals surface area contributed by atoms with E-state index in [4.69, 9.17) is 16.3 Å². The van der Waals surface area contributed by atoms with Gasteiger partial charge in [0.05, 0.1) is 0 Å². The zero-order valence-corrected chi connectivity index (χ0v) is 12.7.